The van der Waals surface area contributed by atoms with Crippen molar-refractivity contribution in [3.63, 3.8) is 0 Å². The molecular formula is C19H20N2. The van der Waals surface area contributed by atoms with E-state index in [0.29, 0.717) is 6.04 Å². The molecule has 0 spiro atoms. The van der Waals surface area contributed by atoms with E-state index < -0.39 is 0 Å². The van der Waals surface area contributed by atoms with Crippen LogP contribution in [0.1, 0.15) is 18.5 Å². The minimum atomic E-state index is 0.409. The first-order valence-corrected chi connectivity index (χ1v) is 7.27. The number of aromatic nitrogens is 1. The number of rotatable bonds is 3. The third-order valence-corrected chi connectivity index (χ3v) is 4.08. The van der Waals surface area contributed by atoms with Crippen LogP contribution in [0.15, 0.2) is 60.8 Å². The number of benzene rings is 2. The van der Waals surface area contributed by atoms with Gasteiger partial charge in [0, 0.05) is 17.6 Å². The summed E-state index contributed by atoms with van der Waals surface area (Å²) in [6, 6.07) is 19.7. The standard InChI is InChI=1S/C19H20N2/c1-14(21(2)3)15-6-4-7-16(12-15)17-9-10-19-18(13-17)8-5-11-20-19/h4-14H,1-3H3/t14-/m0/s1. The van der Waals surface area contributed by atoms with Gasteiger partial charge >= 0.3 is 0 Å². The Morgan fingerprint density at radius 1 is 0.905 bits per heavy atom. The number of hydrogen-bond acceptors (Lipinski definition) is 2. The molecule has 3 aromatic rings. The van der Waals surface area contributed by atoms with Crippen LogP contribution in [0.25, 0.3) is 22.0 Å². The maximum Gasteiger partial charge on any atom is 0.0702 e. The van der Waals surface area contributed by atoms with Gasteiger partial charge in [-0.2, -0.15) is 0 Å². The van der Waals surface area contributed by atoms with E-state index in [0.717, 1.165) is 5.52 Å². The van der Waals surface area contributed by atoms with Crippen LogP contribution in [0.3, 0.4) is 0 Å². The molecule has 1 heterocycles. The van der Waals surface area contributed by atoms with E-state index in [9.17, 15) is 0 Å². The molecule has 0 aliphatic heterocycles. The summed E-state index contributed by atoms with van der Waals surface area (Å²) >= 11 is 0. The van der Waals surface area contributed by atoms with Gasteiger partial charge in [-0.1, -0.05) is 30.3 Å². The third kappa shape index (κ3) is 2.81. The predicted octanol–water partition coefficient (Wildman–Crippen LogP) is 4.52. The highest BCUT2D eigenvalue weighted by Gasteiger charge is 2.09. The Kier molecular flexibility index (Phi) is 3.72. The molecule has 0 fully saturated rings. The van der Waals surface area contributed by atoms with Gasteiger partial charge in [-0.05, 0) is 62.0 Å². The average Bonchev–Trinajstić information content (AvgIpc) is 2.53. The molecule has 1 aromatic heterocycles. The lowest BCUT2D eigenvalue weighted by atomic mass is 9.98. The van der Waals surface area contributed by atoms with E-state index in [1.807, 2.05) is 12.3 Å². The molecule has 3 rings (SSSR count). The first-order chi connectivity index (χ1) is 10.1. The van der Waals surface area contributed by atoms with E-state index in [-0.39, 0.29) is 0 Å². The predicted molar refractivity (Wildman–Crippen MR) is 89.3 cm³/mol. The van der Waals surface area contributed by atoms with Crippen molar-refractivity contribution in [2.75, 3.05) is 14.1 Å². The van der Waals surface area contributed by atoms with Gasteiger partial charge in [-0.3, -0.25) is 4.98 Å². The Hall–Kier alpha value is -2.19. The maximum absolute atomic E-state index is 4.38. The zero-order chi connectivity index (χ0) is 14.8. The van der Waals surface area contributed by atoms with Crippen molar-refractivity contribution in [3.8, 4) is 11.1 Å². The van der Waals surface area contributed by atoms with Crippen LogP contribution in [0, 0.1) is 0 Å². The second-order valence-electron chi connectivity index (χ2n) is 5.68. The number of pyridine rings is 1. The van der Waals surface area contributed by atoms with Crippen LogP contribution < -0.4 is 0 Å². The Morgan fingerprint density at radius 3 is 2.52 bits per heavy atom. The van der Waals surface area contributed by atoms with Crippen LogP contribution in [-0.2, 0) is 0 Å². The molecule has 0 saturated heterocycles. The van der Waals surface area contributed by atoms with E-state index in [1.54, 1.807) is 0 Å². The lowest BCUT2D eigenvalue weighted by Gasteiger charge is -2.20. The molecule has 21 heavy (non-hydrogen) atoms. The van der Waals surface area contributed by atoms with Crippen molar-refractivity contribution in [1.82, 2.24) is 9.88 Å². The van der Waals surface area contributed by atoms with E-state index in [1.165, 1.54) is 22.1 Å². The molecule has 1 atom stereocenters. The normalized spacial score (nSPS) is 12.8. The SMILES string of the molecule is C[C@@H](c1cccc(-c2ccc3ncccc3c2)c1)N(C)C. The molecule has 2 nitrogen and oxygen atoms in total. The monoisotopic (exact) mass is 276 g/mol. The fraction of sp³-hybridized carbons (Fsp3) is 0.211. The van der Waals surface area contributed by atoms with Gasteiger partial charge in [-0.15, -0.1) is 0 Å². The molecule has 2 heteroatoms. The Balaban J connectivity index is 2.04. The van der Waals surface area contributed by atoms with Crippen LogP contribution in [0.4, 0.5) is 0 Å². The molecule has 0 aliphatic rings. The summed E-state index contributed by atoms with van der Waals surface area (Å²) in [5.74, 6) is 0. The second kappa shape index (κ2) is 5.66. The maximum atomic E-state index is 4.38. The second-order valence-corrected chi connectivity index (χ2v) is 5.68. The zero-order valence-electron chi connectivity index (χ0n) is 12.7. The lowest BCUT2D eigenvalue weighted by molar-refractivity contribution is 0.321. The fourth-order valence-corrected chi connectivity index (χ4v) is 2.53. The van der Waals surface area contributed by atoms with Crippen LogP contribution in [-0.4, -0.2) is 24.0 Å². The van der Waals surface area contributed by atoms with Gasteiger partial charge in [0.25, 0.3) is 0 Å². The Morgan fingerprint density at radius 2 is 1.71 bits per heavy atom. The van der Waals surface area contributed by atoms with E-state index >= 15 is 0 Å². The highest BCUT2D eigenvalue weighted by atomic mass is 15.1. The first-order valence-electron chi connectivity index (χ1n) is 7.27. The molecule has 106 valence electrons. The molecule has 0 aliphatic carbocycles. The van der Waals surface area contributed by atoms with E-state index in [2.05, 4.69) is 79.4 Å². The summed E-state index contributed by atoms with van der Waals surface area (Å²) in [4.78, 5) is 6.60. The Bertz CT molecular complexity index is 762. The summed E-state index contributed by atoms with van der Waals surface area (Å²) in [6.07, 6.45) is 1.83. The molecule has 0 unspecified atom stereocenters. The van der Waals surface area contributed by atoms with Crippen LogP contribution in [0.2, 0.25) is 0 Å². The van der Waals surface area contributed by atoms with Gasteiger partial charge in [0.2, 0.25) is 0 Å². The molecule has 0 saturated carbocycles. The van der Waals surface area contributed by atoms with Crippen molar-refractivity contribution in [1.29, 1.82) is 0 Å². The van der Waals surface area contributed by atoms with Gasteiger partial charge in [0.15, 0.2) is 0 Å². The van der Waals surface area contributed by atoms with Crippen molar-refractivity contribution in [3.05, 3.63) is 66.4 Å². The quantitative estimate of drug-likeness (QED) is 0.699. The van der Waals surface area contributed by atoms with Gasteiger partial charge in [0.1, 0.15) is 0 Å². The molecule has 0 amide bonds. The summed E-state index contributed by atoms with van der Waals surface area (Å²) in [7, 11) is 4.22. The van der Waals surface area contributed by atoms with E-state index in [4.69, 9.17) is 0 Å². The molecule has 0 N–H and O–H groups in total. The van der Waals surface area contributed by atoms with Crippen molar-refractivity contribution in [2.24, 2.45) is 0 Å². The van der Waals surface area contributed by atoms with Crippen LogP contribution in [0.5, 0.6) is 0 Å². The number of fused-ring (bicyclic) bond motifs is 1. The molecule has 0 radical (unpaired) electrons. The topological polar surface area (TPSA) is 16.1 Å². The van der Waals surface area contributed by atoms with Crippen molar-refractivity contribution < 1.29 is 0 Å². The summed E-state index contributed by atoms with van der Waals surface area (Å²) in [6.45, 7) is 2.23. The van der Waals surface area contributed by atoms with Gasteiger partial charge in [-0.25, -0.2) is 0 Å². The Labute approximate surface area is 126 Å². The summed E-state index contributed by atoms with van der Waals surface area (Å²) in [5, 5.41) is 1.18. The minimum Gasteiger partial charge on any atom is -0.303 e. The lowest BCUT2D eigenvalue weighted by Crippen LogP contribution is -2.16. The van der Waals surface area contributed by atoms with Crippen molar-refractivity contribution in [2.45, 2.75) is 13.0 Å². The highest BCUT2D eigenvalue weighted by molar-refractivity contribution is 5.84. The minimum absolute atomic E-state index is 0.409. The first kappa shape index (κ1) is 13.8. The largest absolute Gasteiger partial charge is 0.303 e. The number of hydrogen-bond donors (Lipinski definition) is 0. The van der Waals surface area contributed by atoms with Crippen molar-refractivity contribution >= 4 is 10.9 Å². The third-order valence-electron chi connectivity index (χ3n) is 4.08. The summed E-state index contributed by atoms with van der Waals surface area (Å²) in [5.41, 5.74) is 4.87. The van der Waals surface area contributed by atoms with Gasteiger partial charge in [0.05, 0.1) is 5.52 Å². The molecule has 0 bridgehead atoms. The molecular weight excluding hydrogens is 256 g/mol. The highest BCUT2D eigenvalue weighted by Crippen LogP contribution is 2.27. The number of nitrogens with zero attached hydrogens (tertiary/aromatic N) is 2. The molecule has 2 aromatic carbocycles. The average molecular weight is 276 g/mol. The zero-order valence-corrected chi connectivity index (χ0v) is 12.7. The fourth-order valence-electron chi connectivity index (χ4n) is 2.53. The summed E-state index contributed by atoms with van der Waals surface area (Å²) < 4.78 is 0. The smallest absolute Gasteiger partial charge is 0.0702 e. The van der Waals surface area contributed by atoms with Crippen LogP contribution >= 0.6 is 0 Å². The van der Waals surface area contributed by atoms with Gasteiger partial charge < -0.3 is 4.90 Å².